The number of esters is 2. The Kier molecular flexibility index (Phi) is 6.07. The highest BCUT2D eigenvalue weighted by atomic mass is 16.6. The lowest BCUT2D eigenvalue weighted by atomic mass is 9.79. The lowest BCUT2D eigenvalue weighted by Crippen LogP contribution is -2.37. The van der Waals surface area contributed by atoms with Gasteiger partial charge in [-0.2, -0.15) is 0 Å². The van der Waals surface area contributed by atoms with Gasteiger partial charge in [0.25, 0.3) is 0 Å². The molecule has 4 heteroatoms. The Hall–Kier alpha value is -1.06. The highest BCUT2D eigenvalue weighted by Crippen LogP contribution is 2.33. The molecule has 2 atom stereocenters. The van der Waals surface area contributed by atoms with Gasteiger partial charge in [-0.05, 0) is 52.4 Å². The molecule has 0 aromatic rings. The number of rotatable bonds is 4. The molecule has 0 aliphatic heterocycles. The Morgan fingerprint density at radius 2 is 1.33 bits per heavy atom. The van der Waals surface area contributed by atoms with Crippen molar-refractivity contribution in [2.45, 2.75) is 83.8 Å². The number of hydrogen-bond donors (Lipinski definition) is 0. The van der Waals surface area contributed by atoms with Gasteiger partial charge in [0.05, 0.1) is 17.9 Å². The first kappa shape index (κ1) is 16.3. The molecule has 0 aromatic carbocycles. The quantitative estimate of drug-likeness (QED) is 0.743. The summed E-state index contributed by atoms with van der Waals surface area (Å²) in [4.78, 5) is 24.6. The van der Waals surface area contributed by atoms with Gasteiger partial charge < -0.3 is 9.47 Å². The summed E-state index contributed by atoms with van der Waals surface area (Å²) in [6, 6.07) is 0. The van der Waals surface area contributed by atoms with Crippen LogP contribution in [0.15, 0.2) is 0 Å². The zero-order chi connectivity index (χ0) is 15.2. The first-order valence-corrected chi connectivity index (χ1v) is 8.49. The number of carbonyl (C=O) groups is 2. The molecule has 2 rings (SSSR count). The van der Waals surface area contributed by atoms with Crippen molar-refractivity contribution < 1.29 is 19.1 Å². The van der Waals surface area contributed by atoms with E-state index in [1.54, 1.807) is 0 Å². The van der Waals surface area contributed by atoms with Crippen molar-refractivity contribution in [3.05, 3.63) is 0 Å². The van der Waals surface area contributed by atoms with E-state index >= 15 is 0 Å². The molecular formula is C17H28O4. The van der Waals surface area contributed by atoms with Crippen LogP contribution in [0.5, 0.6) is 0 Å². The van der Waals surface area contributed by atoms with E-state index in [9.17, 15) is 9.59 Å². The van der Waals surface area contributed by atoms with E-state index in [0.717, 1.165) is 51.4 Å². The maximum Gasteiger partial charge on any atom is 0.310 e. The van der Waals surface area contributed by atoms with Gasteiger partial charge in [-0.3, -0.25) is 9.59 Å². The van der Waals surface area contributed by atoms with Crippen LogP contribution in [-0.2, 0) is 19.1 Å². The predicted molar refractivity (Wildman–Crippen MR) is 79.6 cm³/mol. The molecule has 0 saturated heterocycles. The molecule has 0 bridgehead atoms. The van der Waals surface area contributed by atoms with Crippen LogP contribution in [0.25, 0.3) is 0 Å². The lowest BCUT2D eigenvalue weighted by Gasteiger charge is -2.31. The third kappa shape index (κ3) is 4.72. The fraction of sp³-hybridized carbons (Fsp3) is 0.882. The minimum absolute atomic E-state index is 0.0648. The van der Waals surface area contributed by atoms with E-state index in [1.165, 1.54) is 6.42 Å². The second-order valence-corrected chi connectivity index (χ2v) is 6.68. The van der Waals surface area contributed by atoms with Crippen LogP contribution in [0, 0.1) is 11.8 Å². The van der Waals surface area contributed by atoms with Gasteiger partial charge in [0.1, 0.15) is 6.10 Å². The standard InChI is InChI=1S/C17H28O4/c1-12(2)20-16(18)14-10-6-7-11-15(14)17(19)21-13-8-4-3-5-9-13/h12-15H,3-11H2,1-2H3. The smallest absolute Gasteiger partial charge is 0.310 e. The minimum atomic E-state index is -0.308. The average Bonchev–Trinajstić information content (AvgIpc) is 2.47. The van der Waals surface area contributed by atoms with E-state index < -0.39 is 0 Å². The summed E-state index contributed by atoms with van der Waals surface area (Å²) in [5.74, 6) is -1.01. The molecule has 0 heterocycles. The van der Waals surface area contributed by atoms with E-state index in [0.29, 0.717) is 0 Å². The highest BCUT2D eigenvalue weighted by Gasteiger charge is 2.39. The summed E-state index contributed by atoms with van der Waals surface area (Å²) >= 11 is 0. The number of hydrogen-bond acceptors (Lipinski definition) is 4. The van der Waals surface area contributed by atoms with E-state index in [4.69, 9.17) is 9.47 Å². The number of carbonyl (C=O) groups excluding carboxylic acids is 2. The van der Waals surface area contributed by atoms with Gasteiger partial charge >= 0.3 is 11.9 Å². The lowest BCUT2D eigenvalue weighted by molar-refractivity contribution is -0.168. The summed E-state index contributed by atoms with van der Waals surface area (Å²) in [5, 5.41) is 0. The fourth-order valence-corrected chi connectivity index (χ4v) is 3.45. The van der Waals surface area contributed by atoms with Crippen LogP contribution in [0.2, 0.25) is 0 Å². The maximum absolute atomic E-state index is 12.4. The first-order chi connectivity index (χ1) is 10.1. The molecule has 2 aliphatic carbocycles. The molecule has 2 saturated carbocycles. The van der Waals surface area contributed by atoms with Gasteiger partial charge in [0, 0.05) is 0 Å². The van der Waals surface area contributed by atoms with Crippen molar-refractivity contribution >= 4 is 11.9 Å². The second kappa shape index (κ2) is 7.81. The van der Waals surface area contributed by atoms with Crippen LogP contribution in [0.1, 0.15) is 71.6 Å². The summed E-state index contributed by atoms with van der Waals surface area (Å²) in [5.41, 5.74) is 0. The van der Waals surface area contributed by atoms with Crippen molar-refractivity contribution in [1.82, 2.24) is 0 Å². The van der Waals surface area contributed by atoms with Gasteiger partial charge in [-0.1, -0.05) is 19.3 Å². The fourth-order valence-electron chi connectivity index (χ4n) is 3.45. The SMILES string of the molecule is CC(C)OC(=O)C1CCCCC1C(=O)OC1CCCCC1. The number of ether oxygens (including phenoxy) is 2. The van der Waals surface area contributed by atoms with Crippen molar-refractivity contribution in [1.29, 1.82) is 0 Å². The monoisotopic (exact) mass is 296 g/mol. The largest absolute Gasteiger partial charge is 0.463 e. The molecule has 0 aromatic heterocycles. The van der Waals surface area contributed by atoms with Gasteiger partial charge in [-0.15, -0.1) is 0 Å². The van der Waals surface area contributed by atoms with Crippen LogP contribution in [-0.4, -0.2) is 24.1 Å². The predicted octanol–water partition coefficient (Wildman–Crippen LogP) is 3.62. The molecule has 0 spiro atoms. The van der Waals surface area contributed by atoms with E-state index in [-0.39, 0.29) is 36.0 Å². The molecule has 2 aliphatic rings. The molecule has 2 fully saturated rings. The third-order valence-electron chi connectivity index (χ3n) is 4.56. The van der Waals surface area contributed by atoms with E-state index in [2.05, 4.69) is 0 Å². The van der Waals surface area contributed by atoms with Crippen molar-refractivity contribution in [3.8, 4) is 0 Å². The summed E-state index contributed by atoms with van der Waals surface area (Å²) in [7, 11) is 0. The van der Waals surface area contributed by atoms with Crippen molar-refractivity contribution in [2.75, 3.05) is 0 Å². The van der Waals surface area contributed by atoms with Gasteiger partial charge in [0.2, 0.25) is 0 Å². The summed E-state index contributed by atoms with van der Waals surface area (Å²) < 4.78 is 11.0. The zero-order valence-electron chi connectivity index (χ0n) is 13.3. The zero-order valence-corrected chi connectivity index (χ0v) is 13.3. The summed E-state index contributed by atoms with van der Waals surface area (Å²) in [6.07, 6.45) is 8.88. The molecule has 2 unspecified atom stereocenters. The molecule has 120 valence electrons. The van der Waals surface area contributed by atoms with Crippen molar-refractivity contribution in [2.24, 2.45) is 11.8 Å². The summed E-state index contributed by atoms with van der Waals surface area (Å²) in [6.45, 7) is 3.69. The molecule has 0 radical (unpaired) electrons. The Balaban J connectivity index is 1.93. The minimum Gasteiger partial charge on any atom is -0.463 e. The normalized spacial score (nSPS) is 27.4. The second-order valence-electron chi connectivity index (χ2n) is 6.68. The molecule has 0 amide bonds. The van der Waals surface area contributed by atoms with E-state index in [1.807, 2.05) is 13.8 Å². The topological polar surface area (TPSA) is 52.6 Å². The maximum atomic E-state index is 12.4. The van der Waals surface area contributed by atoms with Crippen molar-refractivity contribution in [3.63, 3.8) is 0 Å². The molecule has 0 N–H and O–H groups in total. The van der Waals surface area contributed by atoms with Crippen LogP contribution in [0.4, 0.5) is 0 Å². The average molecular weight is 296 g/mol. The highest BCUT2D eigenvalue weighted by molar-refractivity contribution is 5.82. The van der Waals surface area contributed by atoms with Gasteiger partial charge in [0.15, 0.2) is 0 Å². The first-order valence-electron chi connectivity index (χ1n) is 8.49. The Bertz CT molecular complexity index is 358. The Morgan fingerprint density at radius 3 is 1.90 bits per heavy atom. The van der Waals surface area contributed by atoms with Gasteiger partial charge in [-0.25, -0.2) is 0 Å². The molecular weight excluding hydrogens is 268 g/mol. The Labute approximate surface area is 127 Å². The molecule has 4 nitrogen and oxygen atoms in total. The molecule has 21 heavy (non-hydrogen) atoms. The van der Waals surface area contributed by atoms with Crippen LogP contribution in [0.3, 0.4) is 0 Å². The van der Waals surface area contributed by atoms with Crippen LogP contribution < -0.4 is 0 Å². The van der Waals surface area contributed by atoms with Crippen LogP contribution >= 0.6 is 0 Å². The third-order valence-corrected chi connectivity index (χ3v) is 4.56. The Morgan fingerprint density at radius 1 is 0.810 bits per heavy atom.